The summed E-state index contributed by atoms with van der Waals surface area (Å²) in [5, 5.41) is 5.04. The van der Waals surface area contributed by atoms with E-state index in [0.717, 1.165) is 11.1 Å². The first-order chi connectivity index (χ1) is 16.9. The number of anilines is 1. The summed E-state index contributed by atoms with van der Waals surface area (Å²) < 4.78 is 0. The highest BCUT2D eigenvalue weighted by atomic mass is 35.5. The molecule has 0 aliphatic rings. The number of nitrogens with one attached hydrogen (secondary N) is 1. The van der Waals surface area contributed by atoms with E-state index in [1.165, 1.54) is 11.8 Å². The predicted octanol–water partition coefficient (Wildman–Crippen LogP) is 6.88. The van der Waals surface area contributed by atoms with E-state index in [0.29, 0.717) is 63.5 Å². The molecule has 0 aliphatic carbocycles. The van der Waals surface area contributed by atoms with Gasteiger partial charge in [0.05, 0.1) is 0 Å². The standard InChI is InChI=1S/C26H25Cl3N4OS/c1-3-12-33(13-4-2)24-16-23(29)31-26(32-24)35-17-18-6-5-7-20(14-18)25(34)30-11-10-19-8-9-21(27)15-22(19)28/h3-9,14-16H,1-2,10-13,17H2,(H,30,34). The number of thioether (sulfide) groups is 1. The average molecular weight is 548 g/mol. The van der Waals surface area contributed by atoms with E-state index in [-0.39, 0.29) is 5.91 Å². The zero-order valence-corrected chi connectivity index (χ0v) is 22.1. The van der Waals surface area contributed by atoms with Gasteiger partial charge in [0, 0.05) is 47.1 Å². The summed E-state index contributed by atoms with van der Waals surface area (Å²) in [6, 6.07) is 14.6. The zero-order chi connectivity index (χ0) is 25.2. The Labute approximate surface area is 225 Å². The van der Waals surface area contributed by atoms with Gasteiger partial charge in [0.2, 0.25) is 0 Å². The molecule has 0 radical (unpaired) electrons. The molecule has 5 nitrogen and oxygen atoms in total. The van der Waals surface area contributed by atoms with Gasteiger partial charge in [-0.05, 0) is 41.8 Å². The monoisotopic (exact) mass is 546 g/mol. The molecule has 1 aromatic heterocycles. The summed E-state index contributed by atoms with van der Waals surface area (Å²) in [6.45, 7) is 9.28. The summed E-state index contributed by atoms with van der Waals surface area (Å²) in [5.41, 5.74) is 2.49. The lowest BCUT2D eigenvalue weighted by molar-refractivity contribution is 0.0954. The van der Waals surface area contributed by atoms with Gasteiger partial charge in [-0.1, -0.05) is 76.9 Å². The lowest BCUT2D eigenvalue weighted by Crippen LogP contribution is -2.25. The third-order valence-electron chi connectivity index (χ3n) is 4.94. The second-order valence-corrected chi connectivity index (χ2v) is 9.72. The van der Waals surface area contributed by atoms with Crippen LogP contribution in [0.4, 0.5) is 5.82 Å². The second-order valence-electron chi connectivity index (χ2n) is 7.54. The number of carbonyl (C=O) groups is 1. The molecule has 2 aromatic carbocycles. The molecule has 182 valence electrons. The zero-order valence-electron chi connectivity index (χ0n) is 19.0. The van der Waals surface area contributed by atoms with Crippen LogP contribution in [0.3, 0.4) is 0 Å². The lowest BCUT2D eigenvalue weighted by Gasteiger charge is -2.20. The van der Waals surface area contributed by atoms with E-state index < -0.39 is 0 Å². The lowest BCUT2D eigenvalue weighted by atomic mass is 10.1. The Bertz CT molecular complexity index is 1190. The van der Waals surface area contributed by atoms with Gasteiger partial charge in [-0.15, -0.1) is 13.2 Å². The Morgan fingerprint density at radius 2 is 1.80 bits per heavy atom. The minimum Gasteiger partial charge on any atom is -0.352 e. The number of amides is 1. The van der Waals surface area contributed by atoms with Gasteiger partial charge in [0.25, 0.3) is 5.91 Å². The van der Waals surface area contributed by atoms with Crippen LogP contribution in [0.5, 0.6) is 0 Å². The highest BCUT2D eigenvalue weighted by molar-refractivity contribution is 7.98. The van der Waals surface area contributed by atoms with Gasteiger partial charge in [-0.2, -0.15) is 0 Å². The van der Waals surface area contributed by atoms with E-state index in [1.54, 1.807) is 36.4 Å². The highest BCUT2D eigenvalue weighted by Gasteiger charge is 2.11. The molecule has 1 N–H and O–H groups in total. The van der Waals surface area contributed by atoms with Crippen LogP contribution in [0.15, 0.2) is 79.0 Å². The summed E-state index contributed by atoms with van der Waals surface area (Å²) in [4.78, 5) is 23.6. The van der Waals surface area contributed by atoms with Crippen molar-refractivity contribution in [1.82, 2.24) is 15.3 Å². The van der Waals surface area contributed by atoms with Crippen molar-refractivity contribution in [2.45, 2.75) is 17.3 Å². The van der Waals surface area contributed by atoms with Crippen LogP contribution in [-0.4, -0.2) is 35.5 Å². The SMILES string of the molecule is C=CCN(CC=C)c1cc(Cl)nc(SCc2cccc(C(=O)NCCc3ccc(Cl)cc3Cl)c2)n1. The molecule has 0 atom stereocenters. The maximum absolute atomic E-state index is 12.7. The molecule has 0 unspecified atom stereocenters. The fourth-order valence-electron chi connectivity index (χ4n) is 3.27. The quantitative estimate of drug-likeness (QED) is 0.116. The Morgan fingerprint density at radius 1 is 1.03 bits per heavy atom. The molecular weight excluding hydrogens is 523 g/mol. The number of hydrogen-bond donors (Lipinski definition) is 1. The molecule has 0 bridgehead atoms. The summed E-state index contributed by atoms with van der Waals surface area (Å²) >= 11 is 19.8. The fourth-order valence-corrected chi connectivity index (χ4v) is 4.80. The van der Waals surface area contributed by atoms with Gasteiger partial charge >= 0.3 is 0 Å². The molecule has 0 fully saturated rings. The summed E-state index contributed by atoms with van der Waals surface area (Å²) in [5.74, 6) is 1.15. The van der Waals surface area contributed by atoms with Gasteiger partial charge in [0.15, 0.2) is 5.16 Å². The molecule has 1 heterocycles. The number of hydrogen-bond acceptors (Lipinski definition) is 5. The Balaban J connectivity index is 1.60. The molecule has 1 amide bonds. The third kappa shape index (κ3) is 8.29. The van der Waals surface area contributed by atoms with Crippen LogP contribution in [0, 0.1) is 0 Å². The first-order valence-corrected chi connectivity index (χ1v) is 13.0. The van der Waals surface area contributed by atoms with Crippen molar-refractivity contribution in [3.63, 3.8) is 0 Å². The van der Waals surface area contributed by atoms with Crippen molar-refractivity contribution in [2.75, 3.05) is 24.5 Å². The van der Waals surface area contributed by atoms with Crippen molar-refractivity contribution in [1.29, 1.82) is 0 Å². The fraction of sp³-hybridized carbons (Fsp3) is 0.192. The molecule has 3 aromatic rings. The maximum Gasteiger partial charge on any atom is 0.251 e. The van der Waals surface area contributed by atoms with Crippen molar-refractivity contribution < 1.29 is 4.79 Å². The van der Waals surface area contributed by atoms with Crippen LogP contribution < -0.4 is 10.2 Å². The third-order valence-corrected chi connectivity index (χ3v) is 6.63. The molecule has 0 spiro atoms. The van der Waals surface area contributed by atoms with E-state index in [9.17, 15) is 4.79 Å². The molecule has 0 saturated carbocycles. The van der Waals surface area contributed by atoms with E-state index >= 15 is 0 Å². The van der Waals surface area contributed by atoms with Crippen molar-refractivity contribution in [3.8, 4) is 0 Å². The molecule has 35 heavy (non-hydrogen) atoms. The normalized spacial score (nSPS) is 10.6. The van der Waals surface area contributed by atoms with Gasteiger partial charge < -0.3 is 10.2 Å². The van der Waals surface area contributed by atoms with Crippen molar-refractivity contribution in [3.05, 3.63) is 106 Å². The van der Waals surface area contributed by atoms with Crippen LogP contribution in [0.2, 0.25) is 15.2 Å². The maximum atomic E-state index is 12.7. The average Bonchev–Trinajstić information content (AvgIpc) is 2.84. The number of rotatable bonds is 12. The van der Waals surface area contributed by atoms with E-state index in [4.69, 9.17) is 34.8 Å². The number of halogens is 3. The minimum atomic E-state index is -0.146. The Morgan fingerprint density at radius 3 is 2.51 bits per heavy atom. The Kier molecular flexibility index (Phi) is 10.5. The molecule has 0 aliphatic heterocycles. The van der Waals surface area contributed by atoms with Crippen LogP contribution in [0.1, 0.15) is 21.5 Å². The smallest absolute Gasteiger partial charge is 0.251 e. The van der Waals surface area contributed by atoms with E-state index in [1.807, 2.05) is 29.2 Å². The predicted molar refractivity (Wildman–Crippen MR) is 148 cm³/mol. The number of benzene rings is 2. The second kappa shape index (κ2) is 13.5. The molecule has 9 heteroatoms. The summed E-state index contributed by atoms with van der Waals surface area (Å²) in [6.07, 6.45) is 4.21. The van der Waals surface area contributed by atoms with Crippen molar-refractivity contribution >= 4 is 58.3 Å². The highest BCUT2D eigenvalue weighted by Crippen LogP contribution is 2.25. The van der Waals surface area contributed by atoms with Crippen LogP contribution >= 0.6 is 46.6 Å². The van der Waals surface area contributed by atoms with Crippen LogP contribution in [0.25, 0.3) is 0 Å². The molecular formula is C26H25Cl3N4OS. The van der Waals surface area contributed by atoms with Gasteiger partial charge in [-0.25, -0.2) is 9.97 Å². The van der Waals surface area contributed by atoms with Crippen molar-refractivity contribution in [2.24, 2.45) is 0 Å². The van der Waals surface area contributed by atoms with Crippen LogP contribution in [-0.2, 0) is 12.2 Å². The Hall–Kier alpha value is -2.51. The number of carbonyl (C=O) groups excluding carboxylic acids is 1. The molecule has 0 saturated heterocycles. The summed E-state index contributed by atoms with van der Waals surface area (Å²) in [7, 11) is 0. The largest absolute Gasteiger partial charge is 0.352 e. The number of aromatic nitrogens is 2. The van der Waals surface area contributed by atoms with Gasteiger partial charge in [0.1, 0.15) is 11.0 Å². The van der Waals surface area contributed by atoms with E-state index in [2.05, 4.69) is 28.4 Å². The minimum absolute atomic E-state index is 0.146. The topological polar surface area (TPSA) is 58.1 Å². The molecule has 3 rings (SSSR count). The first-order valence-electron chi connectivity index (χ1n) is 10.8. The number of nitrogens with zero attached hydrogens (tertiary/aromatic N) is 3. The first kappa shape index (κ1) is 27.1. The van der Waals surface area contributed by atoms with Gasteiger partial charge in [-0.3, -0.25) is 4.79 Å².